The lowest BCUT2D eigenvalue weighted by atomic mass is 10.0. The summed E-state index contributed by atoms with van der Waals surface area (Å²) in [6, 6.07) is 2.17. The first-order valence-electron chi connectivity index (χ1n) is 17.0. The van der Waals surface area contributed by atoms with Crippen molar-refractivity contribution in [2.75, 3.05) is 26.3 Å². The highest BCUT2D eigenvalue weighted by atomic mass is 16.3. The number of hydrogen-bond donors (Lipinski definition) is 11. The summed E-state index contributed by atoms with van der Waals surface area (Å²) in [6.07, 6.45) is 2.58. The normalized spacial score (nSPS) is 14.5. The zero-order valence-corrected chi connectivity index (χ0v) is 29.1. The molecule has 0 fully saturated rings. The van der Waals surface area contributed by atoms with Gasteiger partial charge in [-0.3, -0.25) is 38.9 Å². The Bertz CT molecular complexity index is 1300. The monoisotopic (exact) mass is 725 g/mol. The first-order valence-corrected chi connectivity index (χ1v) is 17.0. The Morgan fingerprint density at radius 2 is 1.27 bits per heavy atom. The van der Waals surface area contributed by atoms with Crippen LogP contribution in [0.4, 0.5) is 0 Å². The van der Waals surface area contributed by atoms with Crippen LogP contribution in [0.3, 0.4) is 0 Å². The third kappa shape index (κ3) is 17.8. The quantitative estimate of drug-likeness (QED) is 0.0395. The molecular weight excluding hydrogens is 666 g/mol. The van der Waals surface area contributed by atoms with E-state index in [1.807, 2.05) is 0 Å². The van der Waals surface area contributed by atoms with Crippen LogP contribution in [-0.4, -0.2) is 114 Å². The fourth-order valence-corrected chi connectivity index (χ4v) is 4.94. The van der Waals surface area contributed by atoms with Crippen LogP contribution >= 0.6 is 0 Å². The van der Waals surface area contributed by atoms with Gasteiger partial charge in [0.2, 0.25) is 35.4 Å². The number of nitrogens with one attached hydrogen (secondary N) is 5. The van der Waals surface area contributed by atoms with E-state index in [0.29, 0.717) is 37.8 Å². The summed E-state index contributed by atoms with van der Waals surface area (Å²) in [4.78, 5) is 86.6. The van der Waals surface area contributed by atoms with Gasteiger partial charge in [-0.2, -0.15) is 0 Å². The summed E-state index contributed by atoms with van der Waals surface area (Å²) < 4.78 is 0. The number of nitrogens with two attached hydrogens (primary N) is 4. The predicted octanol–water partition coefficient (Wildman–Crippen LogP) is -3.43. The van der Waals surface area contributed by atoms with E-state index in [2.05, 4.69) is 26.6 Å². The van der Waals surface area contributed by atoms with E-state index >= 15 is 0 Å². The molecule has 2 unspecified atom stereocenters. The summed E-state index contributed by atoms with van der Waals surface area (Å²) in [5, 5.41) is 32.0. The number of unbranched alkanes of at least 4 members (excludes halogenated alkanes) is 2. The van der Waals surface area contributed by atoms with Crippen LogP contribution in [0.5, 0.6) is 0 Å². The lowest BCUT2D eigenvalue weighted by Crippen LogP contribution is -2.58. The van der Waals surface area contributed by atoms with E-state index in [1.54, 1.807) is 30.3 Å². The minimum Gasteiger partial charge on any atom is -0.394 e. The molecule has 0 spiro atoms. The Kier molecular flexibility index (Phi) is 21.5. The number of aliphatic hydroxyl groups is 2. The number of primary amides is 2. The van der Waals surface area contributed by atoms with Crippen molar-refractivity contribution >= 4 is 41.2 Å². The second-order valence-corrected chi connectivity index (χ2v) is 12.2. The lowest BCUT2D eigenvalue weighted by molar-refractivity contribution is -0.134. The van der Waals surface area contributed by atoms with Crippen molar-refractivity contribution in [3.8, 4) is 0 Å². The van der Waals surface area contributed by atoms with Crippen LogP contribution in [-0.2, 0) is 40.0 Å². The minimum absolute atomic E-state index is 0. The molecule has 0 aliphatic heterocycles. The average molecular weight is 726 g/mol. The smallest absolute Gasteiger partial charge is 0.245 e. The van der Waals surface area contributed by atoms with Gasteiger partial charge in [0.15, 0.2) is 0 Å². The van der Waals surface area contributed by atoms with Crippen molar-refractivity contribution < 1.29 is 46.6 Å². The number of ketones is 1. The van der Waals surface area contributed by atoms with Crippen molar-refractivity contribution in [3.05, 3.63) is 35.9 Å². The molecule has 0 saturated heterocycles. The number of aliphatic hydroxyl groups excluding tert-OH is 2. The molecule has 0 radical (unpaired) electrons. The van der Waals surface area contributed by atoms with Gasteiger partial charge in [0, 0.05) is 22.2 Å². The third-order valence-corrected chi connectivity index (χ3v) is 8.02. The molecule has 0 aliphatic carbocycles. The highest BCUT2D eigenvalue weighted by Gasteiger charge is 2.30. The fraction of sp³-hybridized carbons (Fsp3) is 0.606. The molecular formula is C33H59N9O9. The minimum atomic E-state index is -1.44. The first-order chi connectivity index (χ1) is 24.2. The van der Waals surface area contributed by atoms with Crippen LogP contribution in [0.2, 0.25) is 0 Å². The number of carbonyl (C=O) groups excluding carboxylic acids is 7. The van der Waals surface area contributed by atoms with Gasteiger partial charge in [-0.15, -0.1) is 0 Å². The van der Waals surface area contributed by atoms with Crippen molar-refractivity contribution in [2.45, 2.75) is 101 Å². The van der Waals surface area contributed by atoms with Gasteiger partial charge in [-0.25, -0.2) is 0 Å². The van der Waals surface area contributed by atoms with E-state index in [4.69, 9.17) is 22.9 Å². The van der Waals surface area contributed by atoms with Crippen molar-refractivity contribution in [2.24, 2.45) is 22.9 Å². The van der Waals surface area contributed by atoms with Crippen LogP contribution in [0.1, 0.15) is 66.7 Å². The topological polar surface area (TPSA) is 324 Å². The number of Topliss-reactive ketones (excluding diaryl/α,β-unsaturated/α-hetero) is 1. The van der Waals surface area contributed by atoms with Gasteiger partial charge >= 0.3 is 0 Å². The van der Waals surface area contributed by atoms with Gasteiger partial charge in [0.1, 0.15) is 30.0 Å². The number of amides is 6. The Balaban J connectivity index is 0. The van der Waals surface area contributed by atoms with Crippen molar-refractivity contribution in [1.82, 2.24) is 26.6 Å². The average Bonchev–Trinajstić information content (AvgIpc) is 3.09. The van der Waals surface area contributed by atoms with E-state index in [9.17, 15) is 43.8 Å². The second-order valence-electron chi connectivity index (χ2n) is 12.2. The molecule has 51 heavy (non-hydrogen) atoms. The van der Waals surface area contributed by atoms with E-state index in [-0.39, 0.29) is 53.2 Å². The Morgan fingerprint density at radius 1 is 0.706 bits per heavy atom. The molecule has 290 valence electrons. The van der Waals surface area contributed by atoms with Crippen molar-refractivity contribution in [1.29, 1.82) is 0 Å². The molecule has 0 aromatic heterocycles. The maximum absolute atomic E-state index is 13.3. The van der Waals surface area contributed by atoms with Crippen LogP contribution in [0.25, 0.3) is 0 Å². The molecule has 1 rings (SSSR count). The zero-order chi connectivity index (χ0) is 38.3. The predicted molar refractivity (Wildman–Crippen MR) is 191 cm³/mol. The van der Waals surface area contributed by atoms with Crippen molar-refractivity contribution in [3.63, 3.8) is 0 Å². The molecule has 0 bridgehead atoms. The van der Waals surface area contributed by atoms with Crippen LogP contribution in [0, 0.1) is 0 Å². The SMILES string of the molecule is CC(=O)C(CCC(=O)NCCCCC(N)C(=O)N[C@@H](CO)C(=O)N[C@@H](Cc1ccccc1)C(=O)N[C@@H](CCCCN)C(N)=O)N[C@@H](CO)C(N)=O.[HH].[HH]. The molecule has 6 amide bonds. The fourth-order valence-electron chi connectivity index (χ4n) is 4.94. The summed E-state index contributed by atoms with van der Waals surface area (Å²) in [7, 11) is 0. The molecule has 0 aliphatic rings. The first kappa shape index (κ1) is 44.5. The van der Waals surface area contributed by atoms with E-state index in [0.717, 1.165) is 0 Å². The maximum atomic E-state index is 13.3. The molecule has 1 aromatic rings. The van der Waals surface area contributed by atoms with Gasteiger partial charge in [0.05, 0.1) is 25.3 Å². The standard InChI is InChI=1S/C33H55N9O9.2H2/c1-20(45)23(39-26(18-43)30(37)48)13-14-28(46)38-16-8-6-11-22(35)31(49)42-27(19-44)33(51)41-25(17-21-9-3-2-4-10-21)32(50)40-24(29(36)47)12-5-7-15-34;;/h2-4,9-10,22-27,39,43-44H,5-8,11-19,34-35H2,1H3,(H2,36,47)(H2,37,48)(H,38,46)(H,40,50)(H,41,51)(H,42,49);2*1H/t22?,23?,24-,25-,26-,27-;;/m0../s1. The molecule has 0 heterocycles. The lowest BCUT2D eigenvalue weighted by Gasteiger charge is -2.25. The van der Waals surface area contributed by atoms with E-state index in [1.165, 1.54) is 6.92 Å². The molecule has 0 saturated carbocycles. The number of carbonyl (C=O) groups is 7. The molecule has 15 N–H and O–H groups in total. The van der Waals surface area contributed by atoms with Crippen LogP contribution < -0.4 is 49.5 Å². The molecule has 18 heteroatoms. The maximum Gasteiger partial charge on any atom is 0.245 e. The largest absolute Gasteiger partial charge is 0.394 e. The van der Waals surface area contributed by atoms with Gasteiger partial charge < -0.3 is 54.4 Å². The molecule has 1 aromatic carbocycles. The number of hydrogen-bond acceptors (Lipinski definition) is 12. The summed E-state index contributed by atoms with van der Waals surface area (Å²) >= 11 is 0. The summed E-state index contributed by atoms with van der Waals surface area (Å²) in [5.74, 6) is -4.48. The Labute approximate surface area is 300 Å². The number of benzene rings is 1. The number of rotatable bonds is 27. The van der Waals surface area contributed by atoms with Gasteiger partial charge in [-0.1, -0.05) is 30.3 Å². The Hall–Kier alpha value is -4.49. The third-order valence-electron chi connectivity index (χ3n) is 8.02. The highest BCUT2D eigenvalue weighted by molar-refractivity contribution is 5.94. The van der Waals surface area contributed by atoms with Crippen LogP contribution in [0.15, 0.2) is 30.3 Å². The van der Waals surface area contributed by atoms with E-state index < -0.39 is 79.0 Å². The molecule has 6 atom stereocenters. The van der Waals surface area contributed by atoms with Gasteiger partial charge in [-0.05, 0) is 64.0 Å². The summed E-state index contributed by atoms with van der Waals surface area (Å²) in [5.41, 5.74) is 22.9. The zero-order valence-electron chi connectivity index (χ0n) is 29.1. The molecule has 18 nitrogen and oxygen atoms in total. The highest BCUT2D eigenvalue weighted by Crippen LogP contribution is 2.07. The van der Waals surface area contributed by atoms with Gasteiger partial charge in [0.25, 0.3) is 0 Å². The summed E-state index contributed by atoms with van der Waals surface area (Å²) in [6.45, 7) is 0.562. The Morgan fingerprint density at radius 3 is 1.84 bits per heavy atom. The second kappa shape index (κ2) is 24.6.